The molecule has 1 aromatic heterocycles. The number of hydrogen-bond acceptors (Lipinski definition) is 3. The summed E-state index contributed by atoms with van der Waals surface area (Å²) in [6, 6.07) is 0. The Morgan fingerprint density at radius 3 is 2.58 bits per heavy atom. The Kier molecular flexibility index (Phi) is 8.32. The Morgan fingerprint density at radius 2 is 2.04 bits per heavy atom. The molecule has 132 valence electrons. The molecule has 7 heteroatoms. The van der Waals surface area contributed by atoms with Gasteiger partial charge in [-0.15, -0.1) is 0 Å². The largest absolute Gasteiger partial charge is 0.494 e. The van der Waals surface area contributed by atoms with Gasteiger partial charge < -0.3 is 19.6 Å². The van der Waals surface area contributed by atoms with Gasteiger partial charge in [-0.3, -0.25) is 5.41 Å². The van der Waals surface area contributed by atoms with E-state index in [4.69, 9.17) is 15.9 Å². The maximum absolute atomic E-state index is 12.8. The van der Waals surface area contributed by atoms with E-state index in [0.717, 1.165) is 13.0 Å². The van der Waals surface area contributed by atoms with Gasteiger partial charge in [0.2, 0.25) is 5.62 Å². The molecule has 6 nitrogen and oxygen atoms in total. The first-order chi connectivity index (χ1) is 11.5. The second-order valence-electron chi connectivity index (χ2n) is 5.31. The van der Waals surface area contributed by atoms with Crippen LogP contribution in [0.1, 0.15) is 26.7 Å². The highest BCUT2D eigenvalue weighted by atomic mass is 19.2. The molecule has 1 rings (SSSR count). The average molecular weight is 335 g/mol. The van der Waals surface area contributed by atoms with E-state index in [1.807, 2.05) is 19.3 Å². The van der Waals surface area contributed by atoms with Crippen molar-refractivity contribution in [2.45, 2.75) is 39.8 Å². The van der Waals surface area contributed by atoms with Crippen molar-refractivity contribution in [1.82, 2.24) is 9.13 Å². The predicted molar refractivity (Wildman–Crippen MR) is 93.9 cm³/mol. The van der Waals surface area contributed by atoms with Gasteiger partial charge in [-0.05, 0) is 42.7 Å². The van der Waals surface area contributed by atoms with E-state index in [1.54, 1.807) is 34.3 Å². The standard InChI is InChI=1S/C17H26FN5O/c1-4-9-22-11-12-23(17(22)21-18)10-6-13-24-15(5-2)8-7-14(3)16(19)20/h5,7-8,11-12H,2,4,6,9-10,13H2,1,3H3,(H3,19,20)/b14-7+,15-8+,21-17?. The molecule has 0 aliphatic heterocycles. The van der Waals surface area contributed by atoms with E-state index in [0.29, 0.717) is 36.5 Å². The topological polar surface area (TPSA) is 81.3 Å². The van der Waals surface area contributed by atoms with Crippen molar-refractivity contribution in [3.05, 3.63) is 54.2 Å². The Morgan fingerprint density at radius 1 is 1.38 bits per heavy atom. The van der Waals surface area contributed by atoms with Crippen molar-refractivity contribution >= 4 is 5.84 Å². The van der Waals surface area contributed by atoms with Crippen LogP contribution in [0, 0.1) is 5.41 Å². The maximum atomic E-state index is 12.8. The van der Waals surface area contributed by atoms with Gasteiger partial charge in [0, 0.05) is 25.5 Å². The summed E-state index contributed by atoms with van der Waals surface area (Å²) in [6.45, 7) is 9.27. The van der Waals surface area contributed by atoms with Gasteiger partial charge in [0.25, 0.3) is 0 Å². The number of aryl methyl sites for hydroxylation is 2. The summed E-state index contributed by atoms with van der Waals surface area (Å²) in [5, 5.41) is 10.2. The lowest BCUT2D eigenvalue weighted by Crippen LogP contribution is -2.25. The summed E-state index contributed by atoms with van der Waals surface area (Å²) in [7, 11) is 0. The van der Waals surface area contributed by atoms with E-state index < -0.39 is 0 Å². The van der Waals surface area contributed by atoms with Crippen LogP contribution in [-0.2, 0) is 17.8 Å². The highest BCUT2D eigenvalue weighted by Gasteiger charge is 2.02. The minimum Gasteiger partial charge on any atom is -0.494 e. The summed E-state index contributed by atoms with van der Waals surface area (Å²) >= 11 is 0. The van der Waals surface area contributed by atoms with E-state index >= 15 is 0 Å². The van der Waals surface area contributed by atoms with Gasteiger partial charge in [0.15, 0.2) is 0 Å². The van der Waals surface area contributed by atoms with Crippen molar-refractivity contribution in [1.29, 1.82) is 5.41 Å². The van der Waals surface area contributed by atoms with Crippen LogP contribution in [0.15, 0.2) is 53.7 Å². The Labute approximate surface area is 141 Å². The van der Waals surface area contributed by atoms with Gasteiger partial charge in [-0.25, -0.2) is 0 Å². The fourth-order valence-electron chi connectivity index (χ4n) is 2.04. The van der Waals surface area contributed by atoms with E-state index in [1.165, 1.54) is 0 Å². The number of halogens is 1. The molecule has 24 heavy (non-hydrogen) atoms. The number of amidine groups is 1. The van der Waals surface area contributed by atoms with Crippen molar-refractivity contribution in [3.63, 3.8) is 0 Å². The number of ether oxygens (including phenoxy) is 1. The molecule has 0 amide bonds. The minimum atomic E-state index is 0.0187. The van der Waals surface area contributed by atoms with E-state index in [2.05, 4.69) is 11.8 Å². The van der Waals surface area contributed by atoms with E-state index in [-0.39, 0.29) is 5.84 Å². The lowest BCUT2D eigenvalue weighted by Gasteiger charge is -2.07. The zero-order chi connectivity index (χ0) is 17.9. The summed E-state index contributed by atoms with van der Waals surface area (Å²) in [4.78, 5) is 0. The molecular weight excluding hydrogens is 309 g/mol. The normalized spacial score (nSPS) is 13.2. The molecule has 1 aromatic rings. The van der Waals surface area contributed by atoms with Crippen molar-refractivity contribution in [2.75, 3.05) is 6.61 Å². The molecule has 0 radical (unpaired) electrons. The first kappa shape index (κ1) is 19.5. The van der Waals surface area contributed by atoms with Crippen molar-refractivity contribution in [3.8, 4) is 0 Å². The Hall–Kier alpha value is -2.57. The van der Waals surface area contributed by atoms with Crippen LogP contribution >= 0.6 is 0 Å². The second-order valence-corrected chi connectivity index (χ2v) is 5.31. The predicted octanol–water partition coefficient (Wildman–Crippen LogP) is 2.84. The van der Waals surface area contributed by atoms with Gasteiger partial charge in [0.1, 0.15) is 11.6 Å². The molecule has 0 aromatic carbocycles. The van der Waals surface area contributed by atoms with Gasteiger partial charge in [-0.1, -0.05) is 24.1 Å². The molecule has 0 spiro atoms. The fraction of sp³-hybridized carbons (Fsp3) is 0.412. The quantitative estimate of drug-likeness (QED) is 0.227. The van der Waals surface area contributed by atoms with Crippen LogP contribution in [0.25, 0.3) is 0 Å². The SMILES string of the molecule is C=C/C(=C\C=C(/C)C(=N)N)OCCCn1ccn(CCC)c1=NF. The number of aromatic nitrogens is 2. The lowest BCUT2D eigenvalue weighted by molar-refractivity contribution is 0.214. The molecule has 0 unspecified atom stereocenters. The first-order valence-electron chi connectivity index (χ1n) is 7.92. The zero-order valence-corrected chi connectivity index (χ0v) is 14.3. The number of allylic oxidation sites excluding steroid dienone is 3. The molecule has 0 bridgehead atoms. The zero-order valence-electron chi connectivity index (χ0n) is 14.3. The van der Waals surface area contributed by atoms with Gasteiger partial charge in [-0.2, -0.15) is 0 Å². The number of nitrogens with one attached hydrogen (secondary N) is 1. The van der Waals surface area contributed by atoms with Crippen LogP contribution in [-0.4, -0.2) is 21.6 Å². The number of hydrogen-bond donors (Lipinski definition) is 2. The van der Waals surface area contributed by atoms with Gasteiger partial charge >= 0.3 is 0 Å². The summed E-state index contributed by atoms with van der Waals surface area (Å²) in [6.07, 6.45) is 10.3. The molecule has 0 saturated heterocycles. The lowest BCUT2D eigenvalue weighted by atomic mass is 10.2. The Bertz CT molecular complexity index is 681. The number of rotatable bonds is 10. The van der Waals surface area contributed by atoms with Crippen LogP contribution in [0.4, 0.5) is 4.48 Å². The smallest absolute Gasteiger partial charge is 0.240 e. The van der Waals surface area contributed by atoms with Gasteiger partial charge in [0.05, 0.1) is 6.61 Å². The third-order valence-electron chi connectivity index (χ3n) is 3.42. The van der Waals surface area contributed by atoms with Crippen molar-refractivity contribution < 1.29 is 9.22 Å². The molecule has 0 fully saturated rings. The third-order valence-corrected chi connectivity index (χ3v) is 3.42. The average Bonchev–Trinajstić information content (AvgIpc) is 2.95. The minimum absolute atomic E-state index is 0.0187. The molecular formula is C17H26FN5O. The number of nitrogens with two attached hydrogens (primary N) is 1. The van der Waals surface area contributed by atoms with Crippen LogP contribution in [0.2, 0.25) is 0 Å². The first-order valence-corrected chi connectivity index (χ1v) is 7.92. The van der Waals surface area contributed by atoms with Crippen LogP contribution < -0.4 is 11.4 Å². The van der Waals surface area contributed by atoms with E-state index in [9.17, 15) is 4.48 Å². The molecule has 0 atom stereocenters. The maximum Gasteiger partial charge on any atom is 0.240 e. The third kappa shape index (κ3) is 5.91. The fourth-order valence-corrected chi connectivity index (χ4v) is 2.04. The second kappa shape index (κ2) is 10.3. The van der Waals surface area contributed by atoms with Crippen molar-refractivity contribution in [2.24, 2.45) is 10.9 Å². The summed E-state index contributed by atoms with van der Waals surface area (Å²) in [5.74, 6) is 0.615. The molecule has 0 saturated carbocycles. The number of nitrogens with zero attached hydrogens (tertiary/aromatic N) is 3. The highest BCUT2D eigenvalue weighted by molar-refractivity contribution is 5.93. The van der Waals surface area contributed by atoms with Crippen LogP contribution in [0.5, 0.6) is 0 Å². The monoisotopic (exact) mass is 335 g/mol. The summed E-state index contributed by atoms with van der Waals surface area (Å²) < 4.78 is 22.0. The van der Waals surface area contributed by atoms with Crippen LogP contribution in [0.3, 0.4) is 0 Å². The molecule has 3 N–H and O–H groups in total. The Balaban J connectivity index is 2.56. The molecule has 0 aliphatic carbocycles. The molecule has 1 heterocycles. The summed E-state index contributed by atoms with van der Waals surface area (Å²) in [5.41, 5.74) is 6.34. The molecule has 0 aliphatic rings. The highest BCUT2D eigenvalue weighted by Crippen LogP contribution is 2.03. The number of imidazole rings is 1.